The van der Waals surface area contributed by atoms with Gasteiger partial charge < -0.3 is 39.9 Å². The van der Waals surface area contributed by atoms with Gasteiger partial charge in [0, 0.05) is 12.8 Å². The lowest BCUT2D eigenvalue weighted by Gasteiger charge is -2.41. The van der Waals surface area contributed by atoms with Crippen molar-refractivity contribution in [2.45, 2.75) is 262 Å². The summed E-state index contributed by atoms with van der Waals surface area (Å²) in [5.41, 5.74) is 0. The molecule has 0 aromatic heterocycles. The molecule has 13 nitrogen and oxygen atoms in total. The van der Waals surface area contributed by atoms with Crippen LogP contribution in [0.3, 0.4) is 0 Å². The van der Waals surface area contributed by atoms with Gasteiger partial charge in [-0.3, -0.25) is 18.6 Å². The highest BCUT2D eigenvalue weighted by molar-refractivity contribution is 7.47. The molecule has 1 fully saturated rings. The van der Waals surface area contributed by atoms with Crippen LogP contribution in [0.5, 0.6) is 0 Å². The van der Waals surface area contributed by atoms with Crippen LogP contribution >= 0.6 is 7.82 Å². The fraction of sp³-hybridized carbons (Fsp3) is 0.754. The van der Waals surface area contributed by atoms with Crippen molar-refractivity contribution >= 4 is 19.8 Å². The molecular weight excluding hydrogens is 924 g/mol. The largest absolute Gasteiger partial charge is 0.472 e. The van der Waals surface area contributed by atoms with E-state index in [4.69, 9.17) is 18.5 Å². The van der Waals surface area contributed by atoms with E-state index < -0.39 is 75.7 Å². The number of aliphatic hydroxyl groups excluding tert-OH is 5. The monoisotopic (exact) mass is 1020 g/mol. The Bertz CT molecular complexity index is 1510. The minimum atomic E-state index is -5.13. The maximum absolute atomic E-state index is 12.9. The fourth-order valence-corrected chi connectivity index (χ4v) is 9.11. The minimum Gasteiger partial charge on any atom is -0.462 e. The molecule has 0 radical (unpaired) electrons. The third kappa shape index (κ3) is 37.6. The number of ether oxygens (including phenoxy) is 2. The lowest BCUT2D eigenvalue weighted by Crippen LogP contribution is -2.64. The summed E-state index contributed by atoms with van der Waals surface area (Å²) in [5.74, 6) is -1.11. The van der Waals surface area contributed by atoms with E-state index in [1.54, 1.807) is 0 Å². The van der Waals surface area contributed by atoms with Gasteiger partial charge in [0.25, 0.3) is 0 Å². The Kier molecular flexibility index (Phi) is 42.8. The third-order valence-corrected chi connectivity index (χ3v) is 13.5. The second-order valence-corrected chi connectivity index (χ2v) is 20.5. The maximum Gasteiger partial charge on any atom is 0.472 e. The molecule has 0 amide bonds. The Balaban J connectivity index is 2.36. The number of phosphoric ester groups is 1. The predicted octanol–water partition coefficient (Wildman–Crippen LogP) is 12.6. The molecule has 410 valence electrons. The molecule has 1 aliphatic rings. The van der Waals surface area contributed by atoms with Crippen LogP contribution in [0, 0.1) is 0 Å². The number of hydrogen-bond donors (Lipinski definition) is 6. The van der Waals surface area contributed by atoms with Crippen LogP contribution in [-0.2, 0) is 32.7 Å². The summed E-state index contributed by atoms with van der Waals surface area (Å²) in [5, 5.41) is 50.4. The number of allylic oxidation sites excluding steroid dienone is 12. The normalized spacial score (nSPS) is 21.2. The molecule has 71 heavy (non-hydrogen) atoms. The van der Waals surface area contributed by atoms with Gasteiger partial charge in [0.05, 0.1) is 6.61 Å². The highest BCUT2D eigenvalue weighted by Gasteiger charge is 2.51. The summed E-state index contributed by atoms with van der Waals surface area (Å²) in [6.45, 7) is 3.19. The van der Waals surface area contributed by atoms with E-state index >= 15 is 0 Å². The number of hydrogen-bond acceptors (Lipinski definition) is 12. The van der Waals surface area contributed by atoms with Gasteiger partial charge >= 0.3 is 19.8 Å². The molecule has 0 bridgehead atoms. The smallest absolute Gasteiger partial charge is 0.462 e. The summed E-state index contributed by atoms with van der Waals surface area (Å²) >= 11 is 0. The predicted molar refractivity (Wildman–Crippen MR) is 285 cm³/mol. The molecule has 0 aliphatic heterocycles. The maximum atomic E-state index is 12.9. The minimum absolute atomic E-state index is 0.0876. The summed E-state index contributed by atoms with van der Waals surface area (Å²) in [6, 6.07) is 0. The summed E-state index contributed by atoms with van der Waals surface area (Å²) in [4.78, 5) is 35.9. The lowest BCUT2D eigenvalue weighted by molar-refractivity contribution is -0.220. The SMILES string of the molecule is CC/C=C\C/C=C\C/C=C\C/C=C\CCCCCCCCCCCCC(=O)OC(COC(=O)CCCCCCCCCCC/C=C\C/C=C\CCCCC)COP(=O)(O)OC1C(O)C(O)C(O)C(O)C1O. The molecule has 0 aromatic rings. The van der Waals surface area contributed by atoms with Crippen LogP contribution < -0.4 is 0 Å². The second kappa shape index (κ2) is 45.9. The van der Waals surface area contributed by atoms with Gasteiger partial charge in [0.15, 0.2) is 6.10 Å². The standard InChI is InChI=1S/C57H99O13P/c1-3-5-7-9-11-13-15-17-19-21-23-24-25-26-28-30-32-34-36-38-40-42-44-46-51(59)69-49(48-68-71(65,66)70-57-55(63)53(61)52(60)54(62)56(57)64)47-67-50(58)45-43-41-39-37-35-33-31-29-27-22-20-18-16-14-12-10-8-6-4-2/h5,7,11-14,17-20,23-24,49,52-57,60-64H,3-4,6,8-10,15-16,21-22,25-48H2,1-2H3,(H,65,66)/b7-5-,13-11-,14-12-,19-17-,20-18-,24-23-. The molecular formula is C57H99O13P. The highest BCUT2D eigenvalue weighted by Crippen LogP contribution is 2.47. The molecule has 6 N–H and O–H groups in total. The van der Waals surface area contributed by atoms with Gasteiger partial charge in [-0.15, -0.1) is 0 Å². The molecule has 0 spiro atoms. The third-order valence-electron chi connectivity index (χ3n) is 12.5. The summed E-state index contributed by atoms with van der Waals surface area (Å²) < 4.78 is 33.7. The lowest BCUT2D eigenvalue weighted by atomic mass is 9.85. The Morgan fingerprint density at radius 3 is 1.23 bits per heavy atom. The molecule has 6 unspecified atom stereocenters. The number of esters is 2. The van der Waals surface area contributed by atoms with E-state index in [-0.39, 0.29) is 12.8 Å². The van der Waals surface area contributed by atoms with Gasteiger partial charge in [0.2, 0.25) is 0 Å². The summed E-state index contributed by atoms with van der Waals surface area (Å²) in [7, 11) is -5.13. The first kappa shape index (κ1) is 66.3. The quantitative estimate of drug-likeness (QED) is 0.0145. The average Bonchev–Trinajstić information content (AvgIpc) is 3.35. The van der Waals surface area contributed by atoms with Crippen LogP contribution in [0.1, 0.15) is 219 Å². The zero-order valence-corrected chi connectivity index (χ0v) is 44.9. The molecule has 0 saturated heterocycles. The first-order chi connectivity index (χ1) is 34.4. The van der Waals surface area contributed by atoms with E-state index in [2.05, 4.69) is 86.8 Å². The first-order valence-electron chi connectivity index (χ1n) is 27.7. The number of carbonyl (C=O) groups excluding carboxylic acids is 2. The number of phosphoric acid groups is 1. The van der Waals surface area contributed by atoms with E-state index in [1.165, 1.54) is 83.5 Å². The van der Waals surface area contributed by atoms with Crippen molar-refractivity contribution in [3.8, 4) is 0 Å². The number of aliphatic hydroxyl groups is 5. The Labute approximate surface area is 429 Å². The van der Waals surface area contributed by atoms with Gasteiger partial charge in [-0.05, 0) is 83.5 Å². The van der Waals surface area contributed by atoms with Crippen molar-refractivity contribution in [1.29, 1.82) is 0 Å². The van der Waals surface area contributed by atoms with Gasteiger partial charge in [-0.1, -0.05) is 196 Å². The van der Waals surface area contributed by atoms with E-state index in [0.29, 0.717) is 12.8 Å². The number of unbranched alkanes of at least 4 members (excludes halogenated alkanes) is 22. The Hall–Kier alpha value is -2.71. The molecule has 0 aromatic carbocycles. The van der Waals surface area contributed by atoms with Crippen molar-refractivity contribution in [3.05, 3.63) is 72.9 Å². The molecule has 6 atom stereocenters. The average molecular weight is 1020 g/mol. The second-order valence-electron chi connectivity index (χ2n) is 19.1. The van der Waals surface area contributed by atoms with Crippen molar-refractivity contribution in [1.82, 2.24) is 0 Å². The van der Waals surface area contributed by atoms with Crippen LogP contribution in [-0.4, -0.2) is 98.3 Å². The van der Waals surface area contributed by atoms with Crippen LogP contribution in [0.2, 0.25) is 0 Å². The topological polar surface area (TPSA) is 210 Å². The number of rotatable bonds is 46. The van der Waals surface area contributed by atoms with Crippen molar-refractivity contribution < 1.29 is 63.1 Å². The van der Waals surface area contributed by atoms with Gasteiger partial charge in [-0.25, -0.2) is 4.57 Å². The first-order valence-corrected chi connectivity index (χ1v) is 29.2. The van der Waals surface area contributed by atoms with E-state index in [0.717, 1.165) is 96.3 Å². The number of carbonyl (C=O) groups is 2. The van der Waals surface area contributed by atoms with Crippen molar-refractivity contribution in [3.63, 3.8) is 0 Å². The Morgan fingerprint density at radius 2 is 0.803 bits per heavy atom. The molecule has 1 aliphatic carbocycles. The van der Waals surface area contributed by atoms with E-state index in [1.807, 2.05) is 0 Å². The fourth-order valence-electron chi connectivity index (χ4n) is 8.13. The zero-order chi connectivity index (χ0) is 52.1. The van der Waals surface area contributed by atoms with Crippen LogP contribution in [0.25, 0.3) is 0 Å². The summed E-state index contributed by atoms with van der Waals surface area (Å²) in [6.07, 6.45) is 46.5. The zero-order valence-electron chi connectivity index (χ0n) is 44.0. The van der Waals surface area contributed by atoms with Crippen molar-refractivity contribution in [2.24, 2.45) is 0 Å². The van der Waals surface area contributed by atoms with E-state index in [9.17, 15) is 44.6 Å². The van der Waals surface area contributed by atoms with Crippen molar-refractivity contribution in [2.75, 3.05) is 13.2 Å². The Morgan fingerprint density at radius 1 is 0.451 bits per heavy atom. The van der Waals surface area contributed by atoms with Crippen LogP contribution in [0.4, 0.5) is 0 Å². The molecule has 14 heteroatoms. The highest BCUT2D eigenvalue weighted by atomic mass is 31.2. The molecule has 1 rings (SSSR count). The van der Waals surface area contributed by atoms with Gasteiger partial charge in [-0.2, -0.15) is 0 Å². The molecule has 1 saturated carbocycles. The van der Waals surface area contributed by atoms with Crippen LogP contribution in [0.15, 0.2) is 72.9 Å². The van der Waals surface area contributed by atoms with Gasteiger partial charge in [0.1, 0.15) is 43.2 Å². The molecule has 0 heterocycles.